The lowest BCUT2D eigenvalue weighted by atomic mass is 10.1. The zero-order chi connectivity index (χ0) is 16.4. The first-order valence-corrected chi connectivity index (χ1v) is 8.36. The number of fused-ring (bicyclic) bond motifs is 1. The Morgan fingerprint density at radius 3 is 2.78 bits per heavy atom. The smallest absolute Gasteiger partial charge is 0.308 e. The molecule has 1 heterocycles. The van der Waals surface area contributed by atoms with E-state index in [2.05, 4.69) is 0 Å². The molecule has 2 aromatic carbocycles. The van der Waals surface area contributed by atoms with E-state index in [1.54, 1.807) is 0 Å². The first kappa shape index (κ1) is 15.8. The van der Waals surface area contributed by atoms with E-state index in [1.165, 1.54) is 18.3 Å². The maximum atomic E-state index is 11.1. The Balaban J connectivity index is 1.77. The monoisotopic (exact) mass is 346 g/mol. The number of hydrogen-bond donors (Lipinski definition) is 0. The molecule has 3 rings (SSSR count). The van der Waals surface area contributed by atoms with Crippen molar-refractivity contribution in [1.29, 1.82) is 0 Å². The second-order valence-electron chi connectivity index (χ2n) is 5.21. The van der Waals surface area contributed by atoms with Gasteiger partial charge in [-0.05, 0) is 48.4 Å². The Morgan fingerprint density at radius 2 is 2.04 bits per heavy atom. The Hall–Kier alpha value is -2.04. The zero-order valence-electron chi connectivity index (χ0n) is 12.8. The highest BCUT2D eigenvalue weighted by Gasteiger charge is 2.09. The third kappa shape index (κ3) is 3.66. The van der Waals surface area contributed by atoms with Gasteiger partial charge >= 0.3 is 5.97 Å². The molecule has 118 valence electrons. The molecule has 0 atom stereocenters. The summed E-state index contributed by atoms with van der Waals surface area (Å²) in [5, 5.41) is 3.48. The van der Waals surface area contributed by atoms with Crippen LogP contribution in [-0.4, -0.2) is 5.97 Å². The largest absolute Gasteiger partial charge is 0.489 e. The number of thiophene rings is 1. The normalized spacial score (nSPS) is 10.7. The predicted molar refractivity (Wildman–Crippen MR) is 93.7 cm³/mol. The van der Waals surface area contributed by atoms with Crippen molar-refractivity contribution in [1.82, 2.24) is 0 Å². The molecule has 0 saturated carbocycles. The first-order chi connectivity index (χ1) is 11.0. The van der Waals surface area contributed by atoms with Crippen molar-refractivity contribution in [2.24, 2.45) is 0 Å². The Kier molecular flexibility index (Phi) is 4.55. The molecular formula is C18H15ClO3S. The molecule has 0 aliphatic rings. The minimum atomic E-state index is -0.316. The summed E-state index contributed by atoms with van der Waals surface area (Å²) in [4.78, 5) is 11.1. The van der Waals surface area contributed by atoms with Gasteiger partial charge in [0.25, 0.3) is 0 Å². The molecule has 3 nitrogen and oxygen atoms in total. The number of hydrogen-bond acceptors (Lipinski definition) is 4. The van der Waals surface area contributed by atoms with Crippen LogP contribution < -0.4 is 9.47 Å². The fraction of sp³-hybridized carbons (Fsp3) is 0.167. The van der Waals surface area contributed by atoms with Gasteiger partial charge in [-0.3, -0.25) is 4.79 Å². The fourth-order valence-corrected chi connectivity index (χ4v) is 3.41. The van der Waals surface area contributed by atoms with Crippen LogP contribution in [0.2, 0.25) is 5.02 Å². The molecule has 23 heavy (non-hydrogen) atoms. The van der Waals surface area contributed by atoms with Crippen molar-refractivity contribution in [3.05, 3.63) is 57.9 Å². The number of carbonyl (C=O) groups is 1. The minimum Gasteiger partial charge on any atom is -0.489 e. The number of benzene rings is 2. The molecule has 3 aromatic rings. The maximum absolute atomic E-state index is 11.1. The molecule has 0 bridgehead atoms. The lowest BCUT2D eigenvalue weighted by Gasteiger charge is -2.09. The number of ether oxygens (including phenoxy) is 2. The molecule has 5 heteroatoms. The topological polar surface area (TPSA) is 35.5 Å². The highest BCUT2D eigenvalue weighted by molar-refractivity contribution is 7.17. The van der Waals surface area contributed by atoms with Gasteiger partial charge in [0, 0.05) is 27.4 Å². The van der Waals surface area contributed by atoms with Gasteiger partial charge in [-0.25, -0.2) is 0 Å². The second kappa shape index (κ2) is 6.60. The number of aryl methyl sites for hydroxylation is 1. The molecule has 0 fully saturated rings. The maximum Gasteiger partial charge on any atom is 0.308 e. The summed E-state index contributed by atoms with van der Waals surface area (Å²) in [5.74, 6) is 1.06. The van der Waals surface area contributed by atoms with E-state index in [1.807, 2.05) is 48.7 Å². The average molecular weight is 347 g/mol. The molecule has 0 aliphatic carbocycles. The summed E-state index contributed by atoms with van der Waals surface area (Å²) in [5.41, 5.74) is 2.20. The van der Waals surface area contributed by atoms with Gasteiger partial charge in [0.2, 0.25) is 0 Å². The molecule has 0 aliphatic heterocycles. The van der Waals surface area contributed by atoms with Crippen molar-refractivity contribution in [3.8, 4) is 11.5 Å². The quantitative estimate of drug-likeness (QED) is 0.596. The van der Waals surface area contributed by atoms with Gasteiger partial charge in [-0.15, -0.1) is 11.3 Å². The second-order valence-corrected chi connectivity index (χ2v) is 6.56. The highest BCUT2D eigenvalue weighted by Crippen LogP contribution is 2.35. The fourth-order valence-electron chi connectivity index (χ4n) is 2.29. The predicted octanol–water partition coefficient (Wildman–Crippen LogP) is 5.37. The lowest BCUT2D eigenvalue weighted by Crippen LogP contribution is -2.00. The third-order valence-electron chi connectivity index (χ3n) is 3.46. The van der Waals surface area contributed by atoms with Gasteiger partial charge in [0.1, 0.15) is 18.1 Å². The summed E-state index contributed by atoms with van der Waals surface area (Å²) in [6, 6.07) is 11.5. The van der Waals surface area contributed by atoms with Crippen LogP contribution in [0.15, 0.2) is 41.8 Å². The molecule has 0 unspecified atom stereocenters. The van der Waals surface area contributed by atoms with E-state index in [-0.39, 0.29) is 5.97 Å². The molecule has 0 saturated heterocycles. The summed E-state index contributed by atoms with van der Waals surface area (Å²) in [7, 11) is 0. The van der Waals surface area contributed by atoms with E-state index in [0.717, 1.165) is 32.0 Å². The van der Waals surface area contributed by atoms with E-state index in [9.17, 15) is 4.79 Å². The van der Waals surface area contributed by atoms with E-state index in [0.29, 0.717) is 12.4 Å². The Bertz CT molecular complexity index is 870. The number of halogens is 1. The SMILES string of the molecule is CC(=O)Oc1csc2cc(OCc3ccc(Cl)cc3C)ccc12. The highest BCUT2D eigenvalue weighted by atomic mass is 35.5. The number of esters is 1. The van der Waals surface area contributed by atoms with Gasteiger partial charge in [-0.1, -0.05) is 17.7 Å². The summed E-state index contributed by atoms with van der Waals surface area (Å²) in [6.07, 6.45) is 0. The van der Waals surface area contributed by atoms with Crippen LogP contribution in [0.5, 0.6) is 11.5 Å². The van der Waals surface area contributed by atoms with Crippen molar-refractivity contribution < 1.29 is 14.3 Å². The van der Waals surface area contributed by atoms with Crippen LogP contribution in [0.25, 0.3) is 10.1 Å². The summed E-state index contributed by atoms with van der Waals surface area (Å²) < 4.78 is 12.1. The number of carbonyl (C=O) groups excluding carboxylic acids is 1. The molecule has 0 spiro atoms. The Morgan fingerprint density at radius 1 is 1.22 bits per heavy atom. The molecule has 0 N–H and O–H groups in total. The van der Waals surface area contributed by atoms with Crippen molar-refractivity contribution >= 4 is 39.0 Å². The third-order valence-corrected chi connectivity index (χ3v) is 4.62. The van der Waals surface area contributed by atoms with Crippen molar-refractivity contribution in [2.75, 3.05) is 0 Å². The molecular weight excluding hydrogens is 332 g/mol. The van der Waals surface area contributed by atoms with Crippen LogP contribution in [-0.2, 0) is 11.4 Å². The van der Waals surface area contributed by atoms with Gasteiger partial charge in [0.05, 0.1) is 0 Å². The van der Waals surface area contributed by atoms with E-state index >= 15 is 0 Å². The van der Waals surface area contributed by atoms with Crippen LogP contribution in [0.1, 0.15) is 18.1 Å². The zero-order valence-corrected chi connectivity index (χ0v) is 14.3. The summed E-state index contributed by atoms with van der Waals surface area (Å²) in [6.45, 7) is 3.89. The lowest BCUT2D eigenvalue weighted by molar-refractivity contribution is -0.131. The van der Waals surface area contributed by atoms with Gasteiger partial charge in [-0.2, -0.15) is 0 Å². The van der Waals surface area contributed by atoms with Gasteiger partial charge < -0.3 is 9.47 Å². The molecule has 1 aromatic heterocycles. The standard InChI is InChI=1S/C18H15ClO3S/c1-11-7-14(19)4-3-13(11)9-21-15-5-6-16-17(22-12(2)20)10-23-18(16)8-15/h3-8,10H,9H2,1-2H3. The van der Waals surface area contributed by atoms with Crippen molar-refractivity contribution in [2.45, 2.75) is 20.5 Å². The number of rotatable bonds is 4. The molecule has 0 amide bonds. The summed E-state index contributed by atoms with van der Waals surface area (Å²) >= 11 is 7.48. The average Bonchev–Trinajstić information content (AvgIpc) is 2.88. The van der Waals surface area contributed by atoms with Crippen LogP contribution in [0.3, 0.4) is 0 Å². The molecule has 0 radical (unpaired) electrons. The van der Waals surface area contributed by atoms with E-state index < -0.39 is 0 Å². The van der Waals surface area contributed by atoms with Crippen LogP contribution >= 0.6 is 22.9 Å². The Labute approximate surface area is 143 Å². The van der Waals surface area contributed by atoms with Crippen LogP contribution in [0, 0.1) is 6.92 Å². The van der Waals surface area contributed by atoms with Gasteiger partial charge in [0.15, 0.2) is 0 Å². The first-order valence-electron chi connectivity index (χ1n) is 7.10. The van der Waals surface area contributed by atoms with Crippen LogP contribution in [0.4, 0.5) is 0 Å². The van der Waals surface area contributed by atoms with Crippen molar-refractivity contribution in [3.63, 3.8) is 0 Å². The van der Waals surface area contributed by atoms with E-state index in [4.69, 9.17) is 21.1 Å². The minimum absolute atomic E-state index is 0.316.